The Labute approximate surface area is 150 Å². The first-order valence-corrected chi connectivity index (χ1v) is 10.5. The zero-order valence-electron chi connectivity index (χ0n) is 16.4. The van der Waals surface area contributed by atoms with Gasteiger partial charge in [0, 0.05) is 0 Å². The number of allylic oxidation sites excluding steroid dienone is 8. The molecular weight excluding hydrogens is 288 g/mol. The molecule has 2 aliphatic rings. The minimum Gasteiger partial charge on any atom is -0.0839 e. The van der Waals surface area contributed by atoms with E-state index in [1.165, 1.54) is 82.6 Å². The fourth-order valence-corrected chi connectivity index (χ4v) is 4.14. The number of unbranched alkanes of at least 4 members (excludes halogenated alkanes) is 3. The fourth-order valence-electron chi connectivity index (χ4n) is 4.14. The molecule has 0 spiro atoms. The first-order valence-electron chi connectivity index (χ1n) is 10.5. The Morgan fingerprint density at radius 2 is 1.62 bits per heavy atom. The van der Waals surface area contributed by atoms with Crippen molar-refractivity contribution in [3.8, 4) is 0 Å². The van der Waals surface area contributed by atoms with E-state index < -0.39 is 0 Å². The van der Waals surface area contributed by atoms with Gasteiger partial charge in [-0.3, -0.25) is 0 Å². The van der Waals surface area contributed by atoms with E-state index in [0.717, 1.165) is 0 Å². The molecule has 0 aromatic carbocycles. The Hall–Kier alpha value is -1.04. The molecule has 0 saturated heterocycles. The van der Waals surface area contributed by atoms with Crippen LogP contribution in [0.5, 0.6) is 0 Å². The molecule has 0 fully saturated rings. The molecule has 2 aliphatic carbocycles. The highest BCUT2D eigenvalue weighted by Crippen LogP contribution is 2.42. The lowest BCUT2D eigenvalue weighted by Gasteiger charge is -2.33. The lowest BCUT2D eigenvalue weighted by Crippen LogP contribution is -2.20. The Morgan fingerprint density at radius 3 is 2.21 bits per heavy atom. The minimum absolute atomic E-state index is 0.449. The second-order valence-corrected chi connectivity index (χ2v) is 7.81. The van der Waals surface area contributed by atoms with Crippen LogP contribution in [0.15, 0.2) is 47.1 Å². The summed E-state index contributed by atoms with van der Waals surface area (Å²) in [6.45, 7) is 6.93. The normalized spacial score (nSPS) is 19.7. The lowest BCUT2D eigenvalue weighted by molar-refractivity contribution is 0.303. The Bertz CT molecular complexity index is 490. The van der Waals surface area contributed by atoms with E-state index in [1.54, 1.807) is 11.1 Å². The van der Waals surface area contributed by atoms with Crippen molar-refractivity contribution < 1.29 is 0 Å². The van der Waals surface area contributed by atoms with Gasteiger partial charge in [0.2, 0.25) is 0 Å². The molecule has 0 bridgehead atoms. The van der Waals surface area contributed by atoms with Crippen molar-refractivity contribution in [2.75, 3.05) is 0 Å². The van der Waals surface area contributed by atoms with Gasteiger partial charge in [0.25, 0.3) is 0 Å². The van der Waals surface area contributed by atoms with E-state index in [9.17, 15) is 0 Å². The molecule has 0 heterocycles. The van der Waals surface area contributed by atoms with Crippen LogP contribution in [-0.4, -0.2) is 0 Å². The first-order chi connectivity index (χ1) is 11.7. The zero-order valence-corrected chi connectivity index (χ0v) is 16.4. The summed E-state index contributed by atoms with van der Waals surface area (Å²) >= 11 is 0. The third kappa shape index (κ3) is 5.23. The SMILES string of the molecule is CCCCC1=C(C2=CCC(CCCC)(CCCC)C=C2)CCC=C1. The molecule has 0 nitrogen and oxygen atoms in total. The predicted molar refractivity (Wildman–Crippen MR) is 108 cm³/mol. The summed E-state index contributed by atoms with van der Waals surface area (Å²) in [6.07, 6.45) is 28.1. The van der Waals surface area contributed by atoms with Crippen molar-refractivity contribution in [3.05, 3.63) is 47.1 Å². The van der Waals surface area contributed by atoms with Crippen molar-refractivity contribution in [2.45, 2.75) is 97.8 Å². The van der Waals surface area contributed by atoms with Gasteiger partial charge in [0.15, 0.2) is 0 Å². The number of hydrogen-bond donors (Lipinski definition) is 0. The molecule has 0 atom stereocenters. The largest absolute Gasteiger partial charge is 0.0839 e. The molecule has 2 rings (SSSR count). The molecule has 0 radical (unpaired) electrons. The van der Waals surface area contributed by atoms with E-state index in [1.807, 2.05) is 0 Å². The highest BCUT2D eigenvalue weighted by molar-refractivity contribution is 5.49. The molecule has 24 heavy (non-hydrogen) atoms. The van der Waals surface area contributed by atoms with Gasteiger partial charge < -0.3 is 0 Å². The van der Waals surface area contributed by atoms with Crippen molar-refractivity contribution in [1.29, 1.82) is 0 Å². The summed E-state index contributed by atoms with van der Waals surface area (Å²) in [5.74, 6) is 0. The highest BCUT2D eigenvalue weighted by atomic mass is 14.3. The van der Waals surface area contributed by atoms with Crippen molar-refractivity contribution in [2.24, 2.45) is 5.41 Å². The maximum Gasteiger partial charge on any atom is -0.00801 e. The summed E-state index contributed by atoms with van der Waals surface area (Å²) < 4.78 is 0. The van der Waals surface area contributed by atoms with Crippen LogP contribution in [0, 0.1) is 5.41 Å². The molecule has 0 unspecified atom stereocenters. The van der Waals surface area contributed by atoms with Crippen LogP contribution >= 0.6 is 0 Å². The van der Waals surface area contributed by atoms with Gasteiger partial charge >= 0.3 is 0 Å². The van der Waals surface area contributed by atoms with Gasteiger partial charge in [0.05, 0.1) is 0 Å². The van der Waals surface area contributed by atoms with Crippen LogP contribution in [0.3, 0.4) is 0 Å². The Kier molecular flexibility index (Phi) is 8.09. The van der Waals surface area contributed by atoms with Crippen LogP contribution in [0.25, 0.3) is 0 Å². The van der Waals surface area contributed by atoms with E-state index in [4.69, 9.17) is 0 Å². The molecule has 0 heteroatoms. The van der Waals surface area contributed by atoms with Crippen LogP contribution in [0.2, 0.25) is 0 Å². The molecule has 0 amide bonds. The number of hydrogen-bond acceptors (Lipinski definition) is 0. The molecule has 0 saturated carbocycles. The second kappa shape index (κ2) is 10.1. The standard InChI is InChI=1S/C24H38/c1-4-7-12-21-13-10-11-14-23(21)22-15-19-24(20-16-22,17-8-5-2)18-9-6-3/h10,13,15-16,19H,4-9,11-12,14,17-18,20H2,1-3H3. The summed E-state index contributed by atoms with van der Waals surface area (Å²) in [4.78, 5) is 0. The molecule has 0 aromatic rings. The molecule has 0 N–H and O–H groups in total. The van der Waals surface area contributed by atoms with Crippen molar-refractivity contribution in [3.63, 3.8) is 0 Å². The first kappa shape index (κ1) is 19.3. The quantitative estimate of drug-likeness (QED) is 0.380. The monoisotopic (exact) mass is 326 g/mol. The maximum absolute atomic E-state index is 2.59. The third-order valence-corrected chi connectivity index (χ3v) is 5.82. The summed E-state index contributed by atoms with van der Waals surface area (Å²) in [6, 6.07) is 0. The topological polar surface area (TPSA) is 0 Å². The van der Waals surface area contributed by atoms with Gasteiger partial charge in [-0.05, 0) is 67.1 Å². The predicted octanol–water partition coefficient (Wildman–Crippen LogP) is 8.08. The van der Waals surface area contributed by atoms with Gasteiger partial charge in [0.1, 0.15) is 0 Å². The van der Waals surface area contributed by atoms with Crippen molar-refractivity contribution >= 4 is 0 Å². The highest BCUT2D eigenvalue weighted by Gasteiger charge is 2.28. The number of rotatable bonds is 10. The van der Waals surface area contributed by atoms with E-state index in [2.05, 4.69) is 51.2 Å². The average molecular weight is 327 g/mol. The van der Waals surface area contributed by atoms with Crippen LogP contribution in [0.1, 0.15) is 97.8 Å². The van der Waals surface area contributed by atoms with Crippen LogP contribution < -0.4 is 0 Å². The van der Waals surface area contributed by atoms with Crippen LogP contribution in [-0.2, 0) is 0 Å². The van der Waals surface area contributed by atoms with Gasteiger partial charge in [-0.25, -0.2) is 0 Å². The Balaban J connectivity index is 2.13. The zero-order chi connectivity index (χ0) is 17.3. The second-order valence-electron chi connectivity index (χ2n) is 7.81. The van der Waals surface area contributed by atoms with Crippen molar-refractivity contribution in [1.82, 2.24) is 0 Å². The van der Waals surface area contributed by atoms with E-state index in [0.29, 0.717) is 5.41 Å². The minimum atomic E-state index is 0.449. The van der Waals surface area contributed by atoms with Gasteiger partial charge in [-0.15, -0.1) is 0 Å². The molecule has 134 valence electrons. The van der Waals surface area contributed by atoms with E-state index >= 15 is 0 Å². The maximum atomic E-state index is 2.59. The smallest absolute Gasteiger partial charge is 0.00801 e. The van der Waals surface area contributed by atoms with Gasteiger partial charge in [-0.1, -0.05) is 83.3 Å². The van der Waals surface area contributed by atoms with E-state index in [-0.39, 0.29) is 0 Å². The molecule has 0 aliphatic heterocycles. The average Bonchev–Trinajstić information content (AvgIpc) is 2.64. The summed E-state index contributed by atoms with van der Waals surface area (Å²) in [5.41, 5.74) is 5.23. The summed E-state index contributed by atoms with van der Waals surface area (Å²) in [7, 11) is 0. The fraction of sp³-hybridized carbons (Fsp3) is 0.667. The molecular formula is C24H38. The van der Waals surface area contributed by atoms with Crippen LogP contribution in [0.4, 0.5) is 0 Å². The molecule has 0 aromatic heterocycles. The third-order valence-electron chi connectivity index (χ3n) is 5.82. The Morgan fingerprint density at radius 1 is 0.917 bits per heavy atom. The summed E-state index contributed by atoms with van der Waals surface area (Å²) in [5, 5.41) is 0. The lowest BCUT2D eigenvalue weighted by atomic mass is 9.71. The van der Waals surface area contributed by atoms with Gasteiger partial charge in [-0.2, -0.15) is 0 Å².